The molecule has 1 aliphatic rings. The van der Waals surface area contributed by atoms with Crippen LogP contribution in [0.25, 0.3) is 5.69 Å². The maximum atomic E-state index is 12.5. The van der Waals surface area contributed by atoms with Crippen molar-refractivity contribution in [2.24, 2.45) is 0 Å². The van der Waals surface area contributed by atoms with Gasteiger partial charge in [-0.05, 0) is 43.3 Å². The summed E-state index contributed by atoms with van der Waals surface area (Å²) in [7, 11) is 0. The van der Waals surface area contributed by atoms with Gasteiger partial charge in [0.05, 0.1) is 22.5 Å². The molecule has 0 atom stereocenters. The first-order valence-corrected chi connectivity index (χ1v) is 8.36. The first-order chi connectivity index (χ1) is 13.0. The van der Waals surface area contributed by atoms with E-state index in [9.17, 15) is 14.4 Å². The first-order valence-electron chi connectivity index (χ1n) is 7.98. The van der Waals surface area contributed by atoms with Gasteiger partial charge in [0.25, 0.3) is 11.8 Å². The molecule has 7 nitrogen and oxygen atoms in total. The highest BCUT2D eigenvalue weighted by atomic mass is 35.5. The van der Waals surface area contributed by atoms with E-state index >= 15 is 0 Å². The SMILES string of the molecule is Cc1nn(-c2ccc(Cl)cc2)cc1C(=O)ON1C(=O)c2ccccc2C1=O. The van der Waals surface area contributed by atoms with Gasteiger partial charge in [-0.25, -0.2) is 9.48 Å². The van der Waals surface area contributed by atoms with Crippen LogP contribution in [0, 0.1) is 6.92 Å². The molecule has 2 aromatic carbocycles. The molecule has 0 bridgehead atoms. The van der Waals surface area contributed by atoms with E-state index in [0.717, 1.165) is 0 Å². The highest BCUT2D eigenvalue weighted by molar-refractivity contribution is 6.30. The lowest BCUT2D eigenvalue weighted by atomic mass is 10.1. The Bertz CT molecular complexity index is 1050. The maximum absolute atomic E-state index is 12.5. The van der Waals surface area contributed by atoms with Crippen LogP contribution in [0.4, 0.5) is 0 Å². The summed E-state index contributed by atoms with van der Waals surface area (Å²) < 4.78 is 1.49. The van der Waals surface area contributed by atoms with Crippen molar-refractivity contribution in [3.8, 4) is 5.69 Å². The second-order valence-electron chi connectivity index (χ2n) is 5.88. The highest BCUT2D eigenvalue weighted by Crippen LogP contribution is 2.24. The molecule has 1 aliphatic heterocycles. The molecule has 27 heavy (non-hydrogen) atoms. The molecule has 0 aliphatic carbocycles. The number of hydrogen-bond donors (Lipinski definition) is 0. The van der Waals surface area contributed by atoms with E-state index in [2.05, 4.69) is 5.10 Å². The third-order valence-electron chi connectivity index (χ3n) is 4.14. The molecule has 1 aromatic heterocycles. The number of aryl methyl sites for hydroxylation is 1. The van der Waals surface area contributed by atoms with Crippen LogP contribution in [-0.4, -0.2) is 32.6 Å². The van der Waals surface area contributed by atoms with Crippen molar-refractivity contribution in [1.82, 2.24) is 14.8 Å². The molecular weight excluding hydrogens is 370 g/mol. The Morgan fingerprint density at radius 1 is 1.00 bits per heavy atom. The topological polar surface area (TPSA) is 81.5 Å². The first kappa shape index (κ1) is 17.0. The second-order valence-corrected chi connectivity index (χ2v) is 6.31. The summed E-state index contributed by atoms with van der Waals surface area (Å²) in [5.41, 5.74) is 1.63. The molecule has 0 saturated carbocycles. The summed E-state index contributed by atoms with van der Waals surface area (Å²) in [6.45, 7) is 1.63. The summed E-state index contributed by atoms with van der Waals surface area (Å²) in [6.07, 6.45) is 1.47. The van der Waals surface area contributed by atoms with E-state index in [-0.39, 0.29) is 16.7 Å². The van der Waals surface area contributed by atoms with Gasteiger partial charge in [-0.2, -0.15) is 5.10 Å². The van der Waals surface area contributed by atoms with Gasteiger partial charge in [-0.1, -0.05) is 28.8 Å². The average molecular weight is 382 g/mol. The normalized spacial score (nSPS) is 13.0. The van der Waals surface area contributed by atoms with Crippen molar-refractivity contribution in [3.05, 3.63) is 82.1 Å². The molecule has 0 saturated heterocycles. The van der Waals surface area contributed by atoms with Crippen molar-refractivity contribution >= 4 is 29.4 Å². The van der Waals surface area contributed by atoms with Crippen LogP contribution in [-0.2, 0) is 4.84 Å². The summed E-state index contributed by atoms with van der Waals surface area (Å²) in [5, 5.41) is 5.32. The Labute approximate surface area is 158 Å². The van der Waals surface area contributed by atoms with Crippen LogP contribution in [0.1, 0.15) is 36.8 Å². The van der Waals surface area contributed by atoms with Gasteiger partial charge >= 0.3 is 5.97 Å². The molecule has 134 valence electrons. The van der Waals surface area contributed by atoms with Crippen LogP contribution < -0.4 is 0 Å². The number of hydroxylamine groups is 2. The van der Waals surface area contributed by atoms with E-state index in [0.29, 0.717) is 21.5 Å². The van der Waals surface area contributed by atoms with Crippen LogP contribution in [0.15, 0.2) is 54.7 Å². The Kier molecular flexibility index (Phi) is 4.01. The Hall–Kier alpha value is -3.45. The summed E-state index contributed by atoms with van der Waals surface area (Å²) in [5.74, 6) is -2.19. The fourth-order valence-electron chi connectivity index (χ4n) is 2.77. The predicted octanol–water partition coefficient (Wildman–Crippen LogP) is 3.20. The van der Waals surface area contributed by atoms with Crippen LogP contribution >= 0.6 is 11.6 Å². The minimum atomic E-state index is -0.845. The van der Waals surface area contributed by atoms with Crippen molar-refractivity contribution in [1.29, 1.82) is 0 Å². The lowest BCUT2D eigenvalue weighted by molar-refractivity contribution is -0.0585. The molecule has 0 unspecified atom stereocenters. The van der Waals surface area contributed by atoms with Crippen LogP contribution in [0.2, 0.25) is 5.02 Å². The van der Waals surface area contributed by atoms with E-state index in [1.165, 1.54) is 23.0 Å². The zero-order valence-electron chi connectivity index (χ0n) is 14.0. The largest absolute Gasteiger partial charge is 0.367 e. The zero-order chi connectivity index (χ0) is 19.1. The minimum absolute atomic E-state index is 0.140. The maximum Gasteiger partial charge on any atom is 0.367 e. The lowest BCUT2D eigenvalue weighted by Crippen LogP contribution is -2.32. The number of amides is 2. The number of imide groups is 1. The molecule has 0 fully saturated rings. The smallest absolute Gasteiger partial charge is 0.324 e. The van der Waals surface area contributed by atoms with Gasteiger partial charge in [0.1, 0.15) is 5.56 Å². The number of fused-ring (bicyclic) bond motifs is 1. The van der Waals surface area contributed by atoms with Gasteiger partial charge in [-0.3, -0.25) is 9.59 Å². The molecule has 0 spiro atoms. The summed E-state index contributed by atoms with van der Waals surface area (Å²) >= 11 is 5.87. The molecule has 3 aromatic rings. The van der Waals surface area contributed by atoms with E-state index < -0.39 is 17.8 Å². The highest BCUT2D eigenvalue weighted by Gasteiger charge is 2.39. The Morgan fingerprint density at radius 2 is 1.59 bits per heavy atom. The average Bonchev–Trinajstić information content (AvgIpc) is 3.16. The summed E-state index contributed by atoms with van der Waals surface area (Å²) in [4.78, 5) is 42.2. The number of carbonyl (C=O) groups excluding carboxylic acids is 3. The van der Waals surface area contributed by atoms with Gasteiger partial charge in [0, 0.05) is 11.2 Å². The molecule has 8 heteroatoms. The molecule has 2 heterocycles. The number of carbonyl (C=O) groups is 3. The monoisotopic (exact) mass is 381 g/mol. The van der Waals surface area contributed by atoms with Gasteiger partial charge in [0.2, 0.25) is 0 Å². The van der Waals surface area contributed by atoms with Crippen molar-refractivity contribution in [3.63, 3.8) is 0 Å². The molecule has 2 amide bonds. The number of aromatic nitrogens is 2. The fourth-order valence-corrected chi connectivity index (χ4v) is 2.89. The standard InChI is InChI=1S/C19H12ClN3O4/c1-11-16(10-22(21-11)13-8-6-12(20)7-9-13)19(26)27-23-17(24)14-4-2-3-5-15(14)18(23)25/h2-10H,1H3. The predicted molar refractivity (Wildman–Crippen MR) is 95.7 cm³/mol. The third kappa shape index (κ3) is 2.88. The van der Waals surface area contributed by atoms with Crippen molar-refractivity contribution in [2.45, 2.75) is 6.92 Å². The molecule has 4 rings (SSSR count). The van der Waals surface area contributed by atoms with Gasteiger partial charge < -0.3 is 4.84 Å². The quantitative estimate of drug-likeness (QED) is 0.651. The van der Waals surface area contributed by atoms with E-state index in [1.54, 1.807) is 43.3 Å². The molecular formula is C19H12ClN3O4. The number of rotatable bonds is 3. The second kappa shape index (κ2) is 6.37. The van der Waals surface area contributed by atoms with Gasteiger partial charge in [-0.15, -0.1) is 0 Å². The molecule has 0 N–H and O–H groups in total. The van der Waals surface area contributed by atoms with Crippen molar-refractivity contribution < 1.29 is 19.2 Å². The van der Waals surface area contributed by atoms with Crippen LogP contribution in [0.3, 0.4) is 0 Å². The van der Waals surface area contributed by atoms with E-state index in [1.807, 2.05) is 0 Å². The number of nitrogens with zero attached hydrogens (tertiary/aromatic N) is 3. The Morgan fingerprint density at radius 3 is 2.19 bits per heavy atom. The zero-order valence-corrected chi connectivity index (χ0v) is 14.8. The summed E-state index contributed by atoms with van der Waals surface area (Å²) in [6, 6.07) is 13.2. The Balaban J connectivity index is 1.59. The van der Waals surface area contributed by atoms with Crippen LogP contribution in [0.5, 0.6) is 0 Å². The number of halogens is 1. The lowest BCUT2D eigenvalue weighted by Gasteiger charge is -2.12. The molecule has 0 radical (unpaired) electrons. The van der Waals surface area contributed by atoms with Crippen molar-refractivity contribution in [2.75, 3.05) is 0 Å². The number of benzene rings is 2. The fraction of sp³-hybridized carbons (Fsp3) is 0.0526. The third-order valence-corrected chi connectivity index (χ3v) is 4.39. The van der Waals surface area contributed by atoms with Gasteiger partial charge in [0.15, 0.2) is 0 Å². The van der Waals surface area contributed by atoms with E-state index in [4.69, 9.17) is 16.4 Å². The number of hydrogen-bond acceptors (Lipinski definition) is 5. The minimum Gasteiger partial charge on any atom is -0.324 e.